The summed E-state index contributed by atoms with van der Waals surface area (Å²) in [6.45, 7) is 7.45. The second-order valence-corrected chi connectivity index (χ2v) is 4.91. The zero-order chi connectivity index (χ0) is 13.8. The molecule has 1 heterocycles. The van der Waals surface area contributed by atoms with Gasteiger partial charge in [0, 0.05) is 26.2 Å². The van der Waals surface area contributed by atoms with Crippen LogP contribution in [0.25, 0.3) is 0 Å². The van der Waals surface area contributed by atoms with E-state index in [9.17, 15) is 5.26 Å². The summed E-state index contributed by atoms with van der Waals surface area (Å²) >= 11 is 0. The minimum Gasteiger partial charge on any atom is -0.368 e. The Morgan fingerprint density at radius 1 is 1.16 bits per heavy atom. The fourth-order valence-electron chi connectivity index (χ4n) is 2.58. The number of hydrogen-bond acceptors (Lipinski definition) is 4. The smallest absolute Gasteiger partial charge is 0.101 e. The molecule has 19 heavy (non-hydrogen) atoms. The summed E-state index contributed by atoms with van der Waals surface area (Å²) < 4.78 is 0. The van der Waals surface area contributed by atoms with Crippen molar-refractivity contribution in [1.82, 2.24) is 4.90 Å². The second-order valence-electron chi connectivity index (χ2n) is 4.91. The highest BCUT2D eigenvalue weighted by atomic mass is 15.3. The molecular weight excluding hydrogens is 236 g/mol. The highest BCUT2D eigenvalue weighted by Gasteiger charge is 2.23. The lowest BCUT2D eigenvalue weighted by Gasteiger charge is -2.38. The molecule has 1 aromatic carbocycles. The fourth-order valence-corrected chi connectivity index (χ4v) is 2.58. The number of rotatable bonds is 2. The van der Waals surface area contributed by atoms with Gasteiger partial charge in [0.2, 0.25) is 0 Å². The molecule has 1 saturated heterocycles. The fraction of sp³-hybridized carbons (Fsp3) is 0.467. The van der Waals surface area contributed by atoms with Crippen molar-refractivity contribution in [2.24, 2.45) is 0 Å². The Hall–Kier alpha value is -2.04. The second kappa shape index (κ2) is 5.73. The molecule has 1 fully saturated rings. The molecule has 1 aliphatic heterocycles. The van der Waals surface area contributed by atoms with Crippen LogP contribution in [0.5, 0.6) is 0 Å². The molecule has 0 aliphatic carbocycles. The minimum atomic E-state index is -0.0329. The summed E-state index contributed by atoms with van der Waals surface area (Å²) in [4.78, 5) is 4.44. The molecule has 1 aromatic rings. The average Bonchev–Trinajstić information content (AvgIpc) is 2.46. The van der Waals surface area contributed by atoms with E-state index in [0.717, 1.165) is 43.0 Å². The number of anilines is 1. The van der Waals surface area contributed by atoms with Gasteiger partial charge in [0.15, 0.2) is 0 Å². The Bertz CT molecular complexity index is 530. The van der Waals surface area contributed by atoms with Crippen molar-refractivity contribution < 1.29 is 0 Å². The van der Waals surface area contributed by atoms with Crippen molar-refractivity contribution >= 4 is 5.69 Å². The molecule has 4 nitrogen and oxygen atoms in total. The number of benzene rings is 1. The van der Waals surface area contributed by atoms with Crippen LogP contribution in [0.15, 0.2) is 18.2 Å². The van der Waals surface area contributed by atoms with Crippen LogP contribution in [0.4, 0.5) is 5.69 Å². The van der Waals surface area contributed by atoms with Crippen LogP contribution < -0.4 is 4.90 Å². The number of nitriles is 2. The van der Waals surface area contributed by atoms with E-state index in [-0.39, 0.29) is 6.04 Å². The average molecular weight is 254 g/mol. The standard InChI is InChI=1S/C15H18N4/c1-12-4-3-5-14(11-17)15(12)19-8-6-18(7-9-19)13(2)10-16/h3-5,13H,6-9H2,1-2H3. The molecule has 4 heteroatoms. The van der Waals surface area contributed by atoms with Crippen molar-refractivity contribution in [2.75, 3.05) is 31.1 Å². The molecule has 1 unspecified atom stereocenters. The van der Waals surface area contributed by atoms with Crippen molar-refractivity contribution in [3.05, 3.63) is 29.3 Å². The summed E-state index contributed by atoms with van der Waals surface area (Å²) in [6, 6.07) is 10.3. The lowest BCUT2D eigenvalue weighted by Crippen LogP contribution is -2.49. The van der Waals surface area contributed by atoms with Crippen molar-refractivity contribution in [1.29, 1.82) is 10.5 Å². The van der Waals surface area contributed by atoms with Crippen molar-refractivity contribution in [3.8, 4) is 12.1 Å². The molecule has 1 aliphatic rings. The van der Waals surface area contributed by atoms with E-state index in [4.69, 9.17) is 5.26 Å². The van der Waals surface area contributed by atoms with Crippen molar-refractivity contribution in [2.45, 2.75) is 19.9 Å². The number of nitrogens with zero attached hydrogens (tertiary/aromatic N) is 4. The van der Waals surface area contributed by atoms with Gasteiger partial charge in [-0.1, -0.05) is 12.1 Å². The van der Waals surface area contributed by atoms with Gasteiger partial charge in [-0.3, -0.25) is 4.90 Å². The number of hydrogen-bond donors (Lipinski definition) is 0. The molecule has 0 N–H and O–H groups in total. The van der Waals surface area contributed by atoms with E-state index < -0.39 is 0 Å². The monoisotopic (exact) mass is 254 g/mol. The lowest BCUT2D eigenvalue weighted by atomic mass is 10.1. The van der Waals surface area contributed by atoms with E-state index in [1.165, 1.54) is 0 Å². The quantitative estimate of drug-likeness (QED) is 0.809. The van der Waals surface area contributed by atoms with Crippen molar-refractivity contribution in [3.63, 3.8) is 0 Å². The van der Waals surface area contributed by atoms with Gasteiger partial charge in [-0.25, -0.2) is 0 Å². The maximum absolute atomic E-state index is 9.22. The maximum Gasteiger partial charge on any atom is 0.101 e. The zero-order valence-electron chi connectivity index (χ0n) is 11.4. The first kappa shape index (κ1) is 13.4. The molecule has 0 aromatic heterocycles. The zero-order valence-corrected chi connectivity index (χ0v) is 11.4. The number of aryl methyl sites for hydroxylation is 1. The Morgan fingerprint density at radius 2 is 1.84 bits per heavy atom. The topological polar surface area (TPSA) is 54.1 Å². The molecule has 2 rings (SSSR count). The van der Waals surface area contributed by atoms with Crippen LogP contribution >= 0.6 is 0 Å². The summed E-state index contributed by atoms with van der Waals surface area (Å²) in [5, 5.41) is 18.2. The third kappa shape index (κ3) is 2.70. The highest BCUT2D eigenvalue weighted by molar-refractivity contribution is 5.64. The first-order chi connectivity index (χ1) is 9.17. The molecule has 0 radical (unpaired) electrons. The summed E-state index contributed by atoms with van der Waals surface area (Å²) in [5.41, 5.74) is 2.93. The van der Waals surface area contributed by atoms with Gasteiger partial charge < -0.3 is 4.90 Å². The Labute approximate surface area is 114 Å². The highest BCUT2D eigenvalue weighted by Crippen LogP contribution is 2.25. The first-order valence-electron chi connectivity index (χ1n) is 6.55. The normalized spacial score (nSPS) is 17.6. The molecule has 0 saturated carbocycles. The van der Waals surface area contributed by atoms with E-state index in [1.807, 2.05) is 32.0 Å². The van der Waals surface area contributed by atoms with Gasteiger partial charge >= 0.3 is 0 Å². The SMILES string of the molecule is Cc1cccc(C#N)c1N1CCN(C(C)C#N)CC1. The van der Waals surface area contributed by atoms with Gasteiger partial charge in [-0.05, 0) is 25.5 Å². The van der Waals surface area contributed by atoms with Crippen LogP contribution in [-0.4, -0.2) is 37.1 Å². The van der Waals surface area contributed by atoms with Gasteiger partial charge in [-0.2, -0.15) is 10.5 Å². The maximum atomic E-state index is 9.22. The summed E-state index contributed by atoms with van der Waals surface area (Å²) in [5.74, 6) is 0. The Morgan fingerprint density at radius 3 is 2.42 bits per heavy atom. The largest absolute Gasteiger partial charge is 0.368 e. The molecule has 0 bridgehead atoms. The van der Waals surface area contributed by atoms with Gasteiger partial charge in [0.05, 0.1) is 23.4 Å². The summed E-state index contributed by atoms with van der Waals surface area (Å²) in [7, 11) is 0. The van der Waals surface area contributed by atoms with E-state index >= 15 is 0 Å². The van der Waals surface area contributed by atoms with E-state index in [1.54, 1.807) is 0 Å². The van der Waals surface area contributed by atoms with Crippen LogP contribution in [0.1, 0.15) is 18.1 Å². The molecular formula is C15H18N4. The van der Waals surface area contributed by atoms with Gasteiger partial charge in [-0.15, -0.1) is 0 Å². The van der Waals surface area contributed by atoms with Gasteiger partial charge in [0.1, 0.15) is 6.07 Å². The van der Waals surface area contributed by atoms with Crippen LogP contribution in [0, 0.1) is 29.6 Å². The number of piperazine rings is 1. The van der Waals surface area contributed by atoms with Crippen LogP contribution in [0.2, 0.25) is 0 Å². The molecule has 0 spiro atoms. The first-order valence-corrected chi connectivity index (χ1v) is 6.55. The molecule has 98 valence electrons. The third-order valence-corrected chi connectivity index (χ3v) is 3.72. The van der Waals surface area contributed by atoms with Crippen LogP contribution in [-0.2, 0) is 0 Å². The lowest BCUT2D eigenvalue weighted by molar-refractivity contribution is 0.231. The predicted octanol–water partition coefficient (Wildman–Crippen LogP) is 1.90. The van der Waals surface area contributed by atoms with Crippen LogP contribution in [0.3, 0.4) is 0 Å². The minimum absolute atomic E-state index is 0.0329. The van der Waals surface area contributed by atoms with Gasteiger partial charge in [0.25, 0.3) is 0 Å². The molecule has 1 atom stereocenters. The predicted molar refractivity (Wildman–Crippen MR) is 74.8 cm³/mol. The third-order valence-electron chi connectivity index (χ3n) is 3.72. The Kier molecular flexibility index (Phi) is 4.04. The Balaban J connectivity index is 2.15. The van der Waals surface area contributed by atoms with E-state index in [2.05, 4.69) is 21.9 Å². The molecule has 0 amide bonds. The van der Waals surface area contributed by atoms with E-state index in [0.29, 0.717) is 0 Å². The summed E-state index contributed by atoms with van der Waals surface area (Å²) in [6.07, 6.45) is 0. The number of para-hydroxylation sites is 1.